The fraction of sp³-hybridized carbons (Fsp3) is 0.194. The molecule has 0 bridgehead atoms. The molecule has 0 atom stereocenters. The molecule has 38 heavy (non-hydrogen) atoms. The van der Waals surface area contributed by atoms with Crippen molar-refractivity contribution in [3.8, 4) is 22.7 Å². The molecule has 190 valence electrons. The highest BCUT2D eigenvalue weighted by Gasteiger charge is 2.27. The number of thioether (sulfide) groups is 1. The van der Waals surface area contributed by atoms with Crippen molar-refractivity contribution >= 4 is 28.9 Å². The third-order valence-electron chi connectivity index (χ3n) is 6.64. The van der Waals surface area contributed by atoms with Gasteiger partial charge < -0.3 is 9.64 Å². The van der Waals surface area contributed by atoms with Crippen molar-refractivity contribution in [3.63, 3.8) is 0 Å². The van der Waals surface area contributed by atoms with E-state index < -0.39 is 0 Å². The van der Waals surface area contributed by atoms with Crippen LogP contribution < -0.4 is 4.74 Å². The van der Waals surface area contributed by atoms with E-state index in [2.05, 4.69) is 9.89 Å². The molecular formula is C31H28N4O2S. The molecule has 2 aliphatic heterocycles. The van der Waals surface area contributed by atoms with Gasteiger partial charge in [-0.3, -0.25) is 4.79 Å². The largest absolute Gasteiger partial charge is 0.489 e. The number of aliphatic imine (C=N–C) groups is 1. The van der Waals surface area contributed by atoms with Gasteiger partial charge in [0.1, 0.15) is 18.1 Å². The summed E-state index contributed by atoms with van der Waals surface area (Å²) in [7, 11) is 0. The molecule has 4 aromatic rings. The van der Waals surface area contributed by atoms with Gasteiger partial charge in [0.05, 0.1) is 10.6 Å². The summed E-state index contributed by atoms with van der Waals surface area (Å²) in [5, 5.41) is 5.75. The number of carbonyl (C=O) groups excluding carboxylic acids is 1. The van der Waals surface area contributed by atoms with Gasteiger partial charge in [-0.2, -0.15) is 10.1 Å². The van der Waals surface area contributed by atoms with E-state index in [1.54, 1.807) is 0 Å². The van der Waals surface area contributed by atoms with Gasteiger partial charge in [0.15, 0.2) is 5.17 Å². The minimum atomic E-state index is -0.186. The van der Waals surface area contributed by atoms with E-state index in [1.807, 2.05) is 102 Å². The van der Waals surface area contributed by atoms with Crippen molar-refractivity contribution in [1.82, 2.24) is 14.7 Å². The lowest BCUT2D eigenvalue weighted by atomic mass is 10.1. The van der Waals surface area contributed by atoms with Gasteiger partial charge in [0.2, 0.25) is 0 Å². The lowest BCUT2D eigenvalue weighted by molar-refractivity contribution is -0.113. The predicted octanol–water partition coefficient (Wildman–Crippen LogP) is 6.57. The predicted molar refractivity (Wildman–Crippen MR) is 153 cm³/mol. The summed E-state index contributed by atoms with van der Waals surface area (Å²) in [6.07, 6.45) is 7.42. The maximum Gasteiger partial charge on any atom is 0.286 e. The Hall–Kier alpha value is -4.10. The van der Waals surface area contributed by atoms with Crippen LogP contribution in [0.15, 0.2) is 101 Å². The minimum absolute atomic E-state index is 0.186. The fourth-order valence-corrected chi connectivity index (χ4v) is 5.62. The van der Waals surface area contributed by atoms with Crippen LogP contribution in [-0.2, 0) is 11.4 Å². The van der Waals surface area contributed by atoms with Crippen molar-refractivity contribution in [2.24, 2.45) is 4.99 Å². The first-order chi connectivity index (χ1) is 18.7. The molecule has 1 fully saturated rings. The summed E-state index contributed by atoms with van der Waals surface area (Å²) in [4.78, 5) is 20.1. The van der Waals surface area contributed by atoms with Crippen LogP contribution in [0.4, 0.5) is 0 Å². The van der Waals surface area contributed by atoms with E-state index in [1.165, 1.54) is 18.2 Å². The molecule has 0 aliphatic carbocycles. The van der Waals surface area contributed by atoms with Crippen LogP contribution >= 0.6 is 11.8 Å². The Labute approximate surface area is 226 Å². The maximum absolute atomic E-state index is 12.9. The van der Waals surface area contributed by atoms with Crippen LogP contribution in [0.25, 0.3) is 23.0 Å². The molecule has 0 radical (unpaired) electrons. The molecule has 0 spiro atoms. The van der Waals surface area contributed by atoms with Gasteiger partial charge in [-0.05, 0) is 66.9 Å². The molecule has 3 aromatic carbocycles. The van der Waals surface area contributed by atoms with Gasteiger partial charge in [0.25, 0.3) is 5.91 Å². The summed E-state index contributed by atoms with van der Waals surface area (Å²) in [5.74, 6) is 0.579. The van der Waals surface area contributed by atoms with Crippen molar-refractivity contribution in [3.05, 3.63) is 107 Å². The van der Waals surface area contributed by atoms with Gasteiger partial charge in [0, 0.05) is 30.4 Å². The number of benzene rings is 3. The summed E-state index contributed by atoms with van der Waals surface area (Å²) >= 11 is 1.46. The SMILES string of the molecule is O=C1N=C(N2CCCCC2)S/C1=C\c1cn(-c2ccccc2)nc1-c1cccc(OCc2ccccc2)c1. The van der Waals surface area contributed by atoms with Crippen molar-refractivity contribution in [1.29, 1.82) is 0 Å². The van der Waals surface area contributed by atoms with Crippen LogP contribution in [0.1, 0.15) is 30.4 Å². The van der Waals surface area contributed by atoms with E-state index in [4.69, 9.17) is 9.84 Å². The molecule has 1 saturated heterocycles. The number of ether oxygens (including phenoxy) is 1. The Bertz CT molecular complexity index is 1490. The Morgan fingerprint density at radius 1 is 0.895 bits per heavy atom. The highest BCUT2D eigenvalue weighted by molar-refractivity contribution is 8.18. The second kappa shape index (κ2) is 11.1. The first kappa shape index (κ1) is 24.2. The Morgan fingerprint density at radius 2 is 1.66 bits per heavy atom. The quantitative estimate of drug-likeness (QED) is 0.269. The van der Waals surface area contributed by atoms with Crippen LogP contribution in [0.5, 0.6) is 5.75 Å². The van der Waals surface area contributed by atoms with Crippen LogP contribution in [0.3, 0.4) is 0 Å². The normalized spacial score (nSPS) is 16.6. The third-order valence-corrected chi connectivity index (χ3v) is 7.69. The standard InChI is InChI=1S/C31H28N4O2S/c36-30-28(38-31(32-30)34-17-8-3-9-18-34)20-25-21-35(26-14-6-2-7-15-26)33-29(25)24-13-10-16-27(19-24)37-22-23-11-4-1-5-12-23/h1-2,4-7,10-16,19-21H,3,8-9,17-18,22H2/b28-20-. The Kier molecular flexibility index (Phi) is 7.09. The molecule has 0 unspecified atom stereocenters. The lowest BCUT2D eigenvalue weighted by Crippen LogP contribution is -2.33. The monoisotopic (exact) mass is 520 g/mol. The summed E-state index contributed by atoms with van der Waals surface area (Å²) in [5.41, 5.74) is 4.62. The van der Waals surface area contributed by atoms with Gasteiger partial charge in [-0.25, -0.2) is 4.68 Å². The molecule has 1 amide bonds. The number of likely N-dealkylation sites (tertiary alicyclic amines) is 1. The number of rotatable bonds is 6. The van der Waals surface area contributed by atoms with Crippen LogP contribution in [0.2, 0.25) is 0 Å². The average Bonchev–Trinajstić information content (AvgIpc) is 3.57. The molecule has 3 heterocycles. The second-order valence-electron chi connectivity index (χ2n) is 9.37. The zero-order chi connectivity index (χ0) is 25.7. The van der Waals surface area contributed by atoms with Gasteiger partial charge >= 0.3 is 0 Å². The molecule has 6 rings (SSSR count). The summed E-state index contributed by atoms with van der Waals surface area (Å²) in [6, 6.07) is 28.0. The van der Waals surface area contributed by atoms with E-state index in [-0.39, 0.29) is 5.91 Å². The molecular weight excluding hydrogens is 492 g/mol. The molecule has 6 nitrogen and oxygen atoms in total. The average molecular weight is 521 g/mol. The number of aromatic nitrogens is 2. The molecule has 7 heteroatoms. The molecule has 1 aromatic heterocycles. The Balaban J connectivity index is 1.32. The summed E-state index contributed by atoms with van der Waals surface area (Å²) in [6.45, 7) is 2.40. The van der Waals surface area contributed by atoms with Crippen molar-refractivity contribution in [2.45, 2.75) is 25.9 Å². The number of amides is 1. The van der Waals surface area contributed by atoms with E-state index in [0.29, 0.717) is 11.5 Å². The minimum Gasteiger partial charge on any atom is -0.489 e. The van der Waals surface area contributed by atoms with Crippen molar-refractivity contribution in [2.75, 3.05) is 13.1 Å². The second-order valence-corrected chi connectivity index (χ2v) is 10.4. The number of piperidine rings is 1. The molecule has 2 aliphatic rings. The third kappa shape index (κ3) is 5.43. The number of carbonyl (C=O) groups is 1. The lowest BCUT2D eigenvalue weighted by Gasteiger charge is -2.27. The number of hydrogen-bond donors (Lipinski definition) is 0. The highest BCUT2D eigenvalue weighted by atomic mass is 32.2. The first-order valence-corrected chi connectivity index (χ1v) is 13.7. The summed E-state index contributed by atoms with van der Waals surface area (Å²) < 4.78 is 7.94. The maximum atomic E-state index is 12.9. The number of nitrogens with zero attached hydrogens (tertiary/aromatic N) is 4. The van der Waals surface area contributed by atoms with E-state index in [0.717, 1.165) is 64.9 Å². The van der Waals surface area contributed by atoms with Crippen LogP contribution in [0, 0.1) is 0 Å². The van der Waals surface area contributed by atoms with E-state index >= 15 is 0 Å². The highest BCUT2D eigenvalue weighted by Crippen LogP contribution is 2.34. The first-order valence-electron chi connectivity index (χ1n) is 12.9. The zero-order valence-corrected chi connectivity index (χ0v) is 21.8. The van der Waals surface area contributed by atoms with Crippen molar-refractivity contribution < 1.29 is 9.53 Å². The van der Waals surface area contributed by atoms with E-state index in [9.17, 15) is 4.79 Å². The van der Waals surface area contributed by atoms with Crippen LogP contribution in [-0.4, -0.2) is 38.8 Å². The van der Waals surface area contributed by atoms with Gasteiger partial charge in [-0.15, -0.1) is 0 Å². The Morgan fingerprint density at radius 3 is 2.45 bits per heavy atom. The topological polar surface area (TPSA) is 59.7 Å². The fourth-order valence-electron chi connectivity index (χ4n) is 4.66. The number of para-hydroxylation sites is 1. The molecule has 0 saturated carbocycles. The van der Waals surface area contributed by atoms with Gasteiger partial charge in [-0.1, -0.05) is 60.7 Å². The number of amidine groups is 1. The smallest absolute Gasteiger partial charge is 0.286 e. The number of hydrogen-bond acceptors (Lipinski definition) is 5. The zero-order valence-electron chi connectivity index (χ0n) is 21.0. The molecule has 0 N–H and O–H groups in total.